The molecule has 0 bridgehead atoms. The summed E-state index contributed by atoms with van der Waals surface area (Å²) in [5.74, 6) is 0.640. The summed E-state index contributed by atoms with van der Waals surface area (Å²) in [4.78, 5) is 26.6. The quantitative estimate of drug-likeness (QED) is 0.677. The molecule has 1 N–H and O–H groups in total. The number of aromatic nitrogens is 1. The fourth-order valence-electron chi connectivity index (χ4n) is 4.72. The van der Waals surface area contributed by atoms with E-state index in [2.05, 4.69) is 0 Å². The van der Waals surface area contributed by atoms with Crippen LogP contribution in [0.4, 0.5) is 4.79 Å². The van der Waals surface area contributed by atoms with Gasteiger partial charge in [-0.15, -0.1) is 0 Å². The number of hydrogen-bond donors (Lipinski definition) is 1. The molecule has 2 atom stereocenters. The third-order valence-corrected chi connectivity index (χ3v) is 6.59. The number of benzene rings is 1. The van der Waals surface area contributed by atoms with Crippen molar-refractivity contribution in [3.8, 4) is 11.1 Å². The number of hydrogen-bond acceptors (Lipinski definition) is 4. The van der Waals surface area contributed by atoms with Gasteiger partial charge in [0.05, 0.1) is 11.6 Å². The van der Waals surface area contributed by atoms with E-state index < -0.39 is 11.2 Å². The van der Waals surface area contributed by atoms with E-state index in [4.69, 9.17) is 4.74 Å². The fourth-order valence-corrected chi connectivity index (χ4v) is 4.72. The molecular weight excluding hydrogens is 404 g/mol. The zero-order chi connectivity index (χ0) is 23.1. The highest BCUT2D eigenvalue weighted by Crippen LogP contribution is 2.35. The van der Waals surface area contributed by atoms with Crippen LogP contribution in [-0.4, -0.2) is 38.4 Å². The first-order valence-corrected chi connectivity index (χ1v) is 11.6. The highest BCUT2D eigenvalue weighted by Gasteiger charge is 2.41. The molecule has 2 aromatic rings. The largest absolute Gasteiger partial charge is 0.443 e. The minimum absolute atomic E-state index is 0.0473. The molecule has 32 heavy (non-hydrogen) atoms. The van der Waals surface area contributed by atoms with Crippen LogP contribution in [0.5, 0.6) is 0 Å². The molecule has 6 nitrogen and oxygen atoms in total. The molecule has 2 aliphatic rings. The predicted molar refractivity (Wildman–Crippen MR) is 124 cm³/mol. The SMILES string of the molecule is C[C@@H](c1ccc(-c2ccc(=O)n(CC3CC3)c2)cc1)N1CC[C@@](C)(CC(C)(C)O)OC1=O. The van der Waals surface area contributed by atoms with E-state index in [9.17, 15) is 14.7 Å². The van der Waals surface area contributed by atoms with Crippen LogP contribution >= 0.6 is 0 Å². The van der Waals surface area contributed by atoms with Crippen LogP contribution in [0.2, 0.25) is 0 Å². The summed E-state index contributed by atoms with van der Waals surface area (Å²) >= 11 is 0. The van der Waals surface area contributed by atoms with E-state index >= 15 is 0 Å². The van der Waals surface area contributed by atoms with Gasteiger partial charge in [-0.1, -0.05) is 24.3 Å². The average Bonchev–Trinajstić information content (AvgIpc) is 3.52. The number of amides is 1. The highest BCUT2D eigenvalue weighted by atomic mass is 16.6. The lowest BCUT2D eigenvalue weighted by Crippen LogP contribution is -2.51. The Morgan fingerprint density at radius 2 is 1.78 bits per heavy atom. The highest BCUT2D eigenvalue weighted by molar-refractivity contribution is 5.70. The van der Waals surface area contributed by atoms with E-state index in [1.54, 1.807) is 24.8 Å². The van der Waals surface area contributed by atoms with Gasteiger partial charge in [-0.2, -0.15) is 0 Å². The minimum Gasteiger partial charge on any atom is -0.443 e. The van der Waals surface area contributed by atoms with Crippen LogP contribution in [-0.2, 0) is 11.3 Å². The van der Waals surface area contributed by atoms with Gasteiger partial charge in [0.25, 0.3) is 5.56 Å². The van der Waals surface area contributed by atoms with E-state index in [1.165, 1.54) is 12.8 Å². The number of ether oxygens (including phenoxy) is 1. The topological polar surface area (TPSA) is 71.8 Å². The van der Waals surface area contributed by atoms with Gasteiger partial charge < -0.3 is 19.3 Å². The lowest BCUT2D eigenvalue weighted by molar-refractivity contribution is -0.0859. The van der Waals surface area contributed by atoms with Crippen molar-refractivity contribution < 1.29 is 14.6 Å². The third-order valence-electron chi connectivity index (χ3n) is 6.59. The molecule has 1 saturated heterocycles. The second-order valence-corrected chi connectivity index (χ2v) is 10.4. The second-order valence-electron chi connectivity index (χ2n) is 10.4. The van der Waals surface area contributed by atoms with Gasteiger partial charge in [0, 0.05) is 38.2 Å². The van der Waals surface area contributed by atoms with Gasteiger partial charge in [0.2, 0.25) is 0 Å². The molecule has 0 radical (unpaired) electrons. The van der Waals surface area contributed by atoms with Crippen molar-refractivity contribution in [1.82, 2.24) is 9.47 Å². The summed E-state index contributed by atoms with van der Waals surface area (Å²) in [5, 5.41) is 10.1. The Labute approximate surface area is 189 Å². The van der Waals surface area contributed by atoms with E-state index in [0.717, 1.165) is 23.2 Å². The summed E-state index contributed by atoms with van der Waals surface area (Å²) in [6.07, 6.45) is 5.11. The summed E-state index contributed by atoms with van der Waals surface area (Å²) in [6.45, 7) is 8.75. The van der Waals surface area contributed by atoms with Crippen molar-refractivity contribution in [2.24, 2.45) is 5.92 Å². The van der Waals surface area contributed by atoms with Crippen molar-refractivity contribution in [3.63, 3.8) is 0 Å². The van der Waals surface area contributed by atoms with Crippen LogP contribution in [0.3, 0.4) is 0 Å². The maximum absolute atomic E-state index is 12.8. The van der Waals surface area contributed by atoms with Crippen LogP contribution in [0, 0.1) is 5.92 Å². The monoisotopic (exact) mass is 438 g/mol. The van der Waals surface area contributed by atoms with Gasteiger partial charge in [0.15, 0.2) is 0 Å². The minimum atomic E-state index is -0.889. The smallest absolute Gasteiger partial charge is 0.410 e. The number of carbonyl (C=O) groups is 1. The second kappa shape index (κ2) is 8.39. The summed E-state index contributed by atoms with van der Waals surface area (Å²) in [7, 11) is 0. The zero-order valence-corrected chi connectivity index (χ0v) is 19.5. The Hall–Kier alpha value is -2.60. The van der Waals surface area contributed by atoms with Crippen LogP contribution < -0.4 is 5.56 Å². The number of cyclic esters (lactones) is 1. The van der Waals surface area contributed by atoms with Gasteiger partial charge in [0.1, 0.15) is 5.60 Å². The van der Waals surface area contributed by atoms with E-state index in [-0.39, 0.29) is 17.7 Å². The summed E-state index contributed by atoms with van der Waals surface area (Å²) in [5.41, 5.74) is 1.60. The van der Waals surface area contributed by atoms with Gasteiger partial charge >= 0.3 is 6.09 Å². The molecule has 172 valence electrons. The molecule has 6 heteroatoms. The third kappa shape index (κ3) is 5.23. The predicted octanol–water partition coefficient (Wildman–Crippen LogP) is 4.75. The lowest BCUT2D eigenvalue weighted by atomic mass is 9.87. The van der Waals surface area contributed by atoms with Gasteiger partial charge in [-0.25, -0.2) is 4.79 Å². The Morgan fingerprint density at radius 3 is 2.38 bits per heavy atom. The summed E-state index contributed by atoms with van der Waals surface area (Å²) in [6, 6.07) is 11.6. The van der Waals surface area contributed by atoms with Gasteiger partial charge in [-0.05, 0) is 69.2 Å². The molecule has 1 amide bonds. The zero-order valence-electron chi connectivity index (χ0n) is 19.5. The molecule has 2 heterocycles. The molecule has 0 unspecified atom stereocenters. The van der Waals surface area contributed by atoms with Crippen molar-refractivity contribution in [2.75, 3.05) is 6.54 Å². The Morgan fingerprint density at radius 1 is 1.12 bits per heavy atom. The van der Waals surface area contributed by atoms with Crippen molar-refractivity contribution >= 4 is 6.09 Å². The normalized spacial score (nSPS) is 22.5. The first-order chi connectivity index (χ1) is 15.0. The molecule has 1 aromatic heterocycles. The van der Waals surface area contributed by atoms with Gasteiger partial charge in [-0.3, -0.25) is 4.79 Å². The Balaban J connectivity index is 1.45. The lowest BCUT2D eigenvalue weighted by Gasteiger charge is -2.43. The molecule has 1 aliphatic carbocycles. The van der Waals surface area contributed by atoms with Crippen molar-refractivity contribution in [1.29, 1.82) is 0 Å². The number of nitrogens with zero attached hydrogens (tertiary/aromatic N) is 2. The van der Waals surface area contributed by atoms with Crippen LogP contribution in [0.25, 0.3) is 11.1 Å². The molecule has 0 spiro atoms. The molecule has 2 fully saturated rings. The maximum atomic E-state index is 12.8. The molecule has 1 aliphatic heterocycles. The molecular formula is C26H34N2O4. The van der Waals surface area contributed by atoms with Crippen LogP contribution in [0.15, 0.2) is 47.4 Å². The standard InChI is InChI=1S/C26H34N2O4/c1-18(28-14-13-26(4,32-24(28)30)17-25(2,3)31)20-7-9-21(10-8-20)22-11-12-23(29)27(16-22)15-19-5-6-19/h7-12,16,18-19,31H,5-6,13-15,17H2,1-4H3/t18-,26-/m0/s1. The van der Waals surface area contributed by atoms with Crippen LogP contribution in [0.1, 0.15) is 65.0 Å². The number of rotatable bonds is 7. The molecule has 1 aromatic carbocycles. The molecule has 4 rings (SSSR count). The maximum Gasteiger partial charge on any atom is 0.410 e. The Bertz CT molecular complexity index is 1030. The summed E-state index contributed by atoms with van der Waals surface area (Å²) < 4.78 is 7.57. The average molecular weight is 439 g/mol. The van der Waals surface area contributed by atoms with Crippen molar-refractivity contribution in [3.05, 3.63) is 58.5 Å². The first-order valence-electron chi connectivity index (χ1n) is 11.6. The number of aliphatic hydroxyl groups is 1. The van der Waals surface area contributed by atoms with E-state index in [1.807, 2.05) is 54.9 Å². The molecule has 1 saturated carbocycles. The van der Waals surface area contributed by atoms with Crippen molar-refractivity contribution in [2.45, 2.75) is 77.2 Å². The number of pyridine rings is 1. The van der Waals surface area contributed by atoms with E-state index in [0.29, 0.717) is 25.3 Å². The Kier molecular flexibility index (Phi) is 5.93. The first kappa shape index (κ1) is 22.6. The number of carbonyl (C=O) groups excluding carboxylic acids is 1. The fraction of sp³-hybridized carbons (Fsp3) is 0.538.